The Hall–Kier alpha value is -1.42. The Morgan fingerprint density at radius 1 is 1.29 bits per heavy atom. The van der Waals surface area contributed by atoms with Crippen LogP contribution in [0.25, 0.3) is 5.95 Å². The monoisotopic (exact) mass is 208 g/mol. The minimum Gasteiger partial charge on any atom is -0.272 e. The second-order valence-corrected chi connectivity index (χ2v) is 3.20. The molecule has 2 aromatic heterocycles. The summed E-state index contributed by atoms with van der Waals surface area (Å²) in [5, 5.41) is 0.534. The molecule has 2 rings (SSSR count). The van der Waals surface area contributed by atoms with E-state index in [0.29, 0.717) is 11.0 Å². The Kier molecular flexibility index (Phi) is 2.45. The summed E-state index contributed by atoms with van der Waals surface area (Å²) in [6.45, 7) is 2.04. The topological polar surface area (TPSA) is 43.6 Å². The SMILES string of the molecule is CCc1nccn1-c1ncc(Cl)cn1. The van der Waals surface area contributed by atoms with E-state index in [-0.39, 0.29) is 0 Å². The highest BCUT2D eigenvalue weighted by molar-refractivity contribution is 6.30. The minimum atomic E-state index is 0.534. The first kappa shape index (κ1) is 9.15. The highest BCUT2D eigenvalue weighted by atomic mass is 35.5. The number of hydrogen-bond acceptors (Lipinski definition) is 3. The van der Waals surface area contributed by atoms with E-state index in [1.165, 1.54) is 0 Å². The molecule has 4 nitrogen and oxygen atoms in total. The first-order valence-corrected chi connectivity index (χ1v) is 4.69. The quantitative estimate of drug-likeness (QED) is 0.757. The summed E-state index contributed by atoms with van der Waals surface area (Å²) in [4.78, 5) is 12.4. The van der Waals surface area contributed by atoms with Crippen molar-refractivity contribution in [2.24, 2.45) is 0 Å². The Morgan fingerprint density at radius 2 is 2.00 bits per heavy atom. The van der Waals surface area contributed by atoms with Crippen molar-refractivity contribution in [2.45, 2.75) is 13.3 Å². The summed E-state index contributed by atoms with van der Waals surface area (Å²) in [6.07, 6.45) is 7.56. The van der Waals surface area contributed by atoms with Crippen LogP contribution in [0.15, 0.2) is 24.8 Å². The van der Waals surface area contributed by atoms with Gasteiger partial charge in [0.25, 0.3) is 0 Å². The highest BCUT2D eigenvalue weighted by Crippen LogP contribution is 2.08. The maximum atomic E-state index is 5.70. The Labute approximate surface area is 86.6 Å². The van der Waals surface area contributed by atoms with E-state index in [1.54, 1.807) is 18.6 Å². The smallest absolute Gasteiger partial charge is 0.235 e. The van der Waals surface area contributed by atoms with Crippen LogP contribution in [-0.4, -0.2) is 19.5 Å². The van der Waals surface area contributed by atoms with Crippen molar-refractivity contribution in [3.63, 3.8) is 0 Å². The van der Waals surface area contributed by atoms with Gasteiger partial charge in [-0.05, 0) is 0 Å². The molecule has 0 fully saturated rings. The fraction of sp³-hybridized carbons (Fsp3) is 0.222. The van der Waals surface area contributed by atoms with E-state index in [1.807, 2.05) is 17.7 Å². The number of nitrogens with zero attached hydrogens (tertiary/aromatic N) is 4. The van der Waals surface area contributed by atoms with Crippen LogP contribution in [0.2, 0.25) is 5.02 Å². The lowest BCUT2D eigenvalue weighted by Crippen LogP contribution is -2.03. The largest absolute Gasteiger partial charge is 0.272 e. The molecule has 14 heavy (non-hydrogen) atoms. The molecular formula is C9H9ClN4. The Morgan fingerprint density at radius 3 is 2.64 bits per heavy atom. The standard InChI is InChI=1S/C9H9ClN4/c1-2-8-11-3-4-14(8)9-12-5-7(10)6-13-9/h3-6H,2H2,1H3. The number of halogens is 1. The first-order valence-electron chi connectivity index (χ1n) is 4.31. The molecular weight excluding hydrogens is 200 g/mol. The summed E-state index contributed by atoms with van der Waals surface area (Å²) in [6, 6.07) is 0. The first-order chi connectivity index (χ1) is 6.81. The maximum Gasteiger partial charge on any atom is 0.235 e. The summed E-state index contributed by atoms with van der Waals surface area (Å²) < 4.78 is 1.84. The third-order valence-corrected chi connectivity index (χ3v) is 2.05. The van der Waals surface area contributed by atoms with Crippen molar-refractivity contribution in [3.05, 3.63) is 35.6 Å². The zero-order valence-electron chi connectivity index (χ0n) is 7.68. The van der Waals surface area contributed by atoms with E-state index in [2.05, 4.69) is 15.0 Å². The van der Waals surface area contributed by atoms with Crippen LogP contribution >= 0.6 is 11.6 Å². The molecule has 0 amide bonds. The van der Waals surface area contributed by atoms with Gasteiger partial charge in [-0.2, -0.15) is 0 Å². The van der Waals surface area contributed by atoms with Crippen LogP contribution < -0.4 is 0 Å². The van der Waals surface area contributed by atoms with E-state index < -0.39 is 0 Å². The van der Waals surface area contributed by atoms with Gasteiger partial charge in [0.1, 0.15) is 5.82 Å². The van der Waals surface area contributed by atoms with Crippen LogP contribution in [0.1, 0.15) is 12.7 Å². The molecule has 72 valence electrons. The number of aromatic nitrogens is 4. The summed E-state index contributed by atoms with van der Waals surface area (Å²) >= 11 is 5.70. The Bertz CT molecular complexity index is 421. The lowest BCUT2D eigenvalue weighted by Gasteiger charge is -2.02. The second-order valence-electron chi connectivity index (χ2n) is 2.77. The van der Waals surface area contributed by atoms with Crippen molar-refractivity contribution >= 4 is 11.6 Å². The van der Waals surface area contributed by atoms with Crippen molar-refractivity contribution in [1.82, 2.24) is 19.5 Å². The molecule has 5 heteroatoms. The van der Waals surface area contributed by atoms with E-state index in [0.717, 1.165) is 12.2 Å². The molecule has 0 N–H and O–H groups in total. The van der Waals surface area contributed by atoms with Crippen molar-refractivity contribution in [1.29, 1.82) is 0 Å². The van der Waals surface area contributed by atoms with Gasteiger partial charge in [-0.25, -0.2) is 15.0 Å². The van der Waals surface area contributed by atoms with Gasteiger partial charge >= 0.3 is 0 Å². The number of hydrogen-bond donors (Lipinski definition) is 0. The molecule has 0 unspecified atom stereocenters. The lowest BCUT2D eigenvalue weighted by atomic mass is 10.4. The number of imidazole rings is 1. The van der Waals surface area contributed by atoms with Crippen molar-refractivity contribution in [3.8, 4) is 5.95 Å². The van der Waals surface area contributed by atoms with E-state index in [9.17, 15) is 0 Å². The Balaban J connectivity index is 2.44. The predicted octanol–water partition coefficient (Wildman–Crippen LogP) is 1.88. The van der Waals surface area contributed by atoms with Crippen LogP contribution in [0.5, 0.6) is 0 Å². The second kappa shape index (κ2) is 3.75. The molecule has 0 saturated heterocycles. The molecule has 0 bridgehead atoms. The molecule has 0 atom stereocenters. The predicted molar refractivity (Wildman–Crippen MR) is 53.5 cm³/mol. The van der Waals surface area contributed by atoms with Crippen LogP contribution in [0.3, 0.4) is 0 Å². The third-order valence-electron chi connectivity index (χ3n) is 1.86. The summed E-state index contributed by atoms with van der Waals surface area (Å²) in [5.41, 5.74) is 0. The van der Waals surface area contributed by atoms with Gasteiger partial charge in [0.05, 0.1) is 17.4 Å². The van der Waals surface area contributed by atoms with Gasteiger partial charge in [-0.3, -0.25) is 4.57 Å². The van der Waals surface area contributed by atoms with Gasteiger partial charge in [0, 0.05) is 18.8 Å². The lowest BCUT2D eigenvalue weighted by molar-refractivity contribution is 0.836. The zero-order valence-corrected chi connectivity index (χ0v) is 8.44. The average molecular weight is 209 g/mol. The zero-order chi connectivity index (χ0) is 9.97. The molecule has 0 radical (unpaired) electrons. The van der Waals surface area contributed by atoms with Gasteiger partial charge in [0.15, 0.2) is 0 Å². The van der Waals surface area contributed by atoms with Gasteiger partial charge in [-0.1, -0.05) is 18.5 Å². The molecule has 0 aliphatic heterocycles. The molecule has 2 aromatic rings. The summed E-state index contributed by atoms with van der Waals surface area (Å²) in [5.74, 6) is 1.54. The van der Waals surface area contributed by atoms with E-state index in [4.69, 9.17) is 11.6 Å². The molecule has 0 aromatic carbocycles. The van der Waals surface area contributed by atoms with E-state index >= 15 is 0 Å². The van der Waals surface area contributed by atoms with Crippen LogP contribution in [-0.2, 0) is 6.42 Å². The molecule has 0 saturated carbocycles. The maximum absolute atomic E-state index is 5.70. The highest BCUT2D eigenvalue weighted by Gasteiger charge is 2.04. The van der Waals surface area contributed by atoms with Gasteiger partial charge in [0.2, 0.25) is 5.95 Å². The molecule has 0 spiro atoms. The number of rotatable bonds is 2. The molecule has 0 aliphatic carbocycles. The van der Waals surface area contributed by atoms with Crippen molar-refractivity contribution < 1.29 is 0 Å². The fourth-order valence-electron chi connectivity index (χ4n) is 1.21. The van der Waals surface area contributed by atoms with Gasteiger partial charge < -0.3 is 0 Å². The molecule has 0 aliphatic rings. The fourth-order valence-corrected chi connectivity index (χ4v) is 1.31. The normalized spacial score (nSPS) is 10.4. The summed E-state index contributed by atoms with van der Waals surface area (Å²) in [7, 11) is 0. The average Bonchev–Trinajstić information content (AvgIpc) is 2.67. The number of aryl methyl sites for hydroxylation is 1. The van der Waals surface area contributed by atoms with Crippen LogP contribution in [0, 0.1) is 0 Å². The van der Waals surface area contributed by atoms with Crippen molar-refractivity contribution in [2.75, 3.05) is 0 Å². The van der Waals surface area contributed by atoms with Gasteiger partial charge in [-0.15, -0.1) is 0 Å². The van der Waals surface area contributed by atoms with Crippen LogP contribution in [0.4, 0.5) is 0 Å². The minimum absolute atomic E-state index is 0.534. The molecule has 2 heterocycles. The third kappa shape index (κ3) is 1.61.